The third-order valence-corrected chi connectivity index (χ3v) is 13.1. The van der Waals surface area contributed by atoms with Crippen LogP contribution in [-0.4, -0.2) is 4.57 Å². The zero-order chi connectivity index (χ0) is 41.7. The molecule has 2 nitrogen and oxygen atoms in total. The Bertz CT molecular complexity index is 3380. The SMILES string of the molecule is c1ccc(-c2cccc(N(c3ccc(C4(c5ccccc5)c5ccccc5-c5ccccc54)cc3)c3ccc4c(c3)c3c(-c5ccccc5)cccc3n4-c3ccccc3)c2)cc1. The predicted octanol–water partition coefficient (Wildman–Crippen LogP) is 16.0. The summed E-state index contributed by atoms with van der Waals surface area (Å²) in [5.74, 6) is 0. The van der Waals surface area contributed by atoms with Crippen LogP contribution in [0.4, 0.5) is 17.1 Å². The van der Waals surface area contributed by atoms with E-state index in [2.05, 4.69) is 264 Å². The molecule has 0 amide bonds. The van der Waals surface area contributed by atoms with E-state index in [0.717, 1.165) is 22.7 Å². The first-order chi connectivity index (χ1) is 31.3. The van der Waals surface area contributed by atoms with Gasteiger partial charge in [0.15, 0.2) is 0 Å². The molecule has 11 aromatic rings. The molecule has 0 radical (unpaired) electrons. The second kappa shape index (κ2) is 15.1. The van der Waals surface area contributed by atoms with Crippen LogP contribution >= 0.6 is 0 Å². The molecule has 10 aromatic carbocycles. The Morgan fingerprint density at radius 3 is 1.51 bits per heavy atom. The van der Waals surface area contributed by atoms with Gasteiger partial charge in [0.05, 0.1) is 16.4 Å². The highest BCUT2D eigenvalue weighted by atomic mass is 15.1. The highest BCUT2D eigenvalue weighted by molar-refractivity contribution is 6.16. The number of hydrogen-bond acceptors (Lipinski definition) is 1. The van der Waals surface area contributed by atoms with Crippen molar-refractivity contribution in [3.05, 3.63) is 277 Å². The number of anilines is 3. The van der Waals surface area contributed by atoms with E-state index in [1.165, 1.54) is 77.4 Å². The van der Waals surface area contributed by atoms with E-state index in [9.17, 15) is 0 Å². The second-order valence-electron chi connectivity index (χ2n) is 16.4. The van der Waals surface area contributed by atoms with Gasteiger partial charge < -0.3 is 9.47 Å². The summed E-state index contributed by atoms with van der Waals surface area (Å²) in [7, 11) is 0. The Labute approximate surface area is 368 Å². The van der Waals surface area contributed by atoms with Crippen molar-refractivity contribution in [3.63, 3.8) is 0 Å². The molecule has 0 saturated carbocycles. The second-order valence-corrected chi connectivity index (χ2v) is 16.4. The van der Waals surface area contributed by atoms with E-state index in [1.54, 1.807) is 0 Å². The minimum atomic E-state index is -0.475. The third-order valence-electron chi connectivity index (χ3n) is 13.1. The first-order valence-electron chi connectivity index (χ1n) is 21.8. The van der Waals surface area contributed by atoms with E-state index in [0.29, 0.717) is 0 Å². The van der Waals surface area contributed by atoms with Crippen molar-refractivity contribution in [2.24, 2.45) is 0 Å². The van der Waals surface area contributed by atoms with Crippen LogP contribution in [0.1, 0.15) is 22.3 Å². The quantitative estimate of drug-likeness (QED) is 0.149. The lowest BCUT2D eigenvalue weighted by molar-refractivity contribution is 0.768. The Morgan fingerprint density at radius 2 is 0.825 bits per heavy atom. The minimum Gasteiger partial charge on any atom is -0.310 e. The van der Waals surface area contributed by atoms with Crippen molar-refractivity contribution in [1.82, 2.24) is 4.57 Å². The van der Waals surface area contributed by atoms with E-state index >= 15 is 0 Å². The smallest absolute Gasteiger partial charge is 0.0713 e. The van der Waals surface area contributed by atoms with Crippen LogP contribution in [0.2, 0.25) is 0 Å². The van der Waals surface area contributed by atoms with Crippen molar-refractivity contribution >= 4 is 38.9 Å². The van der Waals surface area contributed by atoms with Crippen molar-refractivity contribution in [3.8, 4) is 39.1 Å². The van der Waals surface area contributed by atoms with Gasteiger partial charge in [-0.15, -0.1) is 0 Å². The molecule has 0 bridgehead atoms. The molecule has 1 aliphatic carbocycles. The van der Waals surface area contributed by atoms with Crippen molar-refractivity contribution in [2.75, 3.05) is 4.90 Å². The van der Waals surface area contributed by atoms with E-state index < -0.39 is 5.41 Å². The van der Waals surface area contributed by atoms with Gasteiger partial charge >= 0.3 is 0 Å². The number of aromatic nitrogens is 1. The van der Waals surface area contributed by atoms with Gasteiger partial charge in [0.2, 0.25) is 0 Å². The number of rotatable bonds is 8. The van der Waals surface area contributed by atoms with Gasteiger partial charge in [-0.05, 0) is 116 Å². The van der Waals surface area contributed by atoms with Gasteiger partial charge in [-0.2, -0.15) is 0 Å². The maximum atomic E-state index is 2.43. The van der Waals surface area contributed by atoms with Gasteiger partial charge in [0.1, 0.15) is 0 Å². The molecule has 0 saturated heterocycles. The number of hydrogen-bond donors (Lipinski definition) is 0. The molecule has 0 unspecified atom stereocenters. The Hall–Kier alpha value is -8.20. The molecule has 1 heterocycles. The lowest BCUT2D eigenvalue weighted by atomic mass is 9.68. The van der Waals surface area contributed by atoms with Crippen LogP contribution < -0.4 is 4.90 Å². The van der Waals surface area contributed by atoms with Gasteiger partial charge in [-0.1, -0.05) is 194 Å². The first-order valence-corrected chi connectivity index (χ1v) is 21.8. The molecule has 2 heteroatoms. The van der Waals surface area contributed by atoms with Crippen molar-refractivity contribution < 1.29 is 0 Å². The summed E-state index contributed by atoms with van der Waals surface area (Å²) in [6.07, 6.45) is 0. The fourth-order valence-corrected chi connectivity index (χ4v) is 10.4. The molecule has 0 atom stereocenters. The van der Waals surface area contributed by atoms with Crippen LogP contribution in [0.5, 0.6) is 0 Å². The Kier molecular flexibility index (Phi) is 8.76. The Balaban J connectivity index is 1.09. The fraction of sp³-hybridized carbons (Fsp3) is 0.0164. The molecular formula is C61H42N2. The highest BCUT2D eigenvalue weighted by Crippen LogP contribution is 2.56. The predicted molar refractivity (Wildman–Crippen MR) is 264 cm³/mol. The summed E-state index contributed by atoms with van der Waals surface area (Å²) in [4.78, 5) is 2.43. The lowest BCUT2D eigenvalue weighted by Crippen LogP contribution is -2.28. The average Bonchev–Trinajstić information content (AvgIpc) is 3.86. The maximum Gasteiger partial charge on any atom is 0.0713 e. The topological polar surface area (TPSA) is 8.17 Å². The van der Waals surface area contributed by atoms with Crippen LogP contribution in [0.25, 0.3) is 60.9 Å². The van der Waals surface area contributed by atoms with Gasteiger partial charge in [0.25, 0.3) is 0 Å². The first kappa shape index (κ1) is 36.6. The van der Waals surface area contributed by atoms with Gasteiger partial charge in [-0.3, -0.25) is 0 Å². The fourth-order valence-electron chi connectivity index (χ4n) is 10.4. The molecule has 1 aromatic heterocycles. The monoisotopic (exact) mass is 802 g/mol. The summed E-state index contributed by atoms with van der Waals surface area (Å²) in [6.45, 7) is 0. The highest BCUT2D eigenvalue weighted by Gasteiger charge is 2.45. The van der Waals surface area contributed by atoms with Crippen molar-refractivity contribution in [1.29, 1.82) is 0 Å². The summed E-state index contributed by atoms with van der Waals surface area (Å²) < 4.78 is 2.41. The summed E-state index contributed by atoms with van der Waals surface area (Å²) in [5.41, 5.74) is 18.8. The standard InChI is InChI=1S/C61H42N2/c1-5-19-43(20-6-1)45-23-17-28-50(41-45)62(49-37-35-47(36-38-49)61(46-24-9-3-10-25-46)56-32-15-13-29-53(56)54-30-14-16-33-57(54)61)51-39-40-58-55(42-51)60-52(44-21-7-2-8-22-44)31-18-34-59(60)63(58)48-26-11-4-12-27-48/h1-42H. The summed E-state index contributed by atoms with van der Waals surface area (Å²) in [5, 5.41) is 2.44. The van der Waals surface area contributed by atoms with Gasteiger partial charge in [-0.25, -0.2) is 0 Å². The number of nitrogens with zero attached hydrogens (tertiary/aromatic N) is 2. The van der Waals surface area contributed by atoms with Crippen LogP contribution in [-0.2, 0) is 5.41 Å². The number of fused-ring (bicyclic) bond motifs is 6. The van der Waals surface area contributed by atoms with E-state index in [-0.39, 0.29) is 0 Å². The molecule has 0 spiro atoms. The number of benzene rings is 10. The molecule has 0 N–H and O–H groups in total. The molecule has 0 aliphatic heterocycles. The zero-order valence-corrected chi connectivity index (χ0v) is 34.6. The summed E-state index contributed by atoms with van der Waals surface area (Å²) in [6, 6.07) is 93.2. The molecular weight excluding hydrogens is 761 g/mol. The molecule has 12 rings (SSSR count). The largest absolute Gasteiger partial charge is 0.310 e. The maximum absolute atomic E-state index is 2.43. The van der Waals surface area contributed by atoms with E-state index in [4.69, 9.17) is 0 Å². The molecule has 0 fully saturated rings. The van der Waals surface area contributed by atoms with Crippen LogP contribution in [0.3, 0.4) is 0 Å². The van der Waals surface area contributed by atoms with Crippen molar-refractivity contribution in [2.45, 2.75) is 5.41 Å². The Morgan fingerprint density at radius 1 is 0.317 bits per heavy atom. The molecule has 1 aliphatic rings. The number of para-hydroxylation sites is 1. The van der Waals surface area contributed by atoms with Gasteiger partial charge in [0, 0.05) is 33.5 Å². The summed E-state index contributed by atoms with van der Waals surface area (Å²) >= 11 is 0. The lowest BCUT2D eigenvalue weighted by Gasteiger charge is -2.34. The zero-order valence-electron chi connectivity index (χ0n) is 34.6. The molecule has 296 valence electrons. The average molecular weight is 803 g/mol. The van der Waals surface area contributed by atoms with E-state index in [1.807, 2.05) is 0 Å². The van der Waals surface area contributed by atoms with Crippen LogP contribution in [0.15, 0.2) is 255 Å². The minimum absolute atomic E-state index is 0.475. The third kappa shape index (κ3) is 5.87. The normalized spacial score (nSPS) is 12.6. The van der Waals surface area contributed by atoms with Crippen LogP contribution in [0, 0.1) is 0 Å². The molecule has 63 heavy (non-hydrogen) atoms.